The van der Waals surface area contributed by atoms with Crippen molar-refractivity contribution in [2.75, 3.05) is 0 Å². The monoisotopic (exact) mass is 266 g/mol. The molecular weight excluding hydrogens is 228 g/mol. The molecule has 0 amide bonds. The Hall–Kier alpha value is -0.780. The van der Waals surface area contributed by atoms with Crippen LogP contribution < -0.4 is 0 Å². The normalized spacial score (nSPS) is 9.63. The average Bonchev–Trinajstić information content (AvgIpc) is 2.30. The summed E-state index contributed by atoms with van der Waals surface area (Å²) < 4.78 is 0. The maximum Gasteiger partial charge on any atom is -0.0213 e. The number of rotatable bonds is 3. The predicted molar refractivity (Wildman–Crippen MR) is 93.5 cm³/mol. The van der Waals surface area contributed by atoms with Crippen molar-refractivity contribution in [1.29, 1.82) is 0 Å². The molecule has 0 bridgehead atoms. The van der Waals surface area contributed by atoms with Crippen molar-refractivity contribution in [3.05, 3.63) is 34.9 Å². The maximum absolute atomic E-state index is 2.30. The van der Waals surface area contributed by atoms with E-state index < -0.39 is 0 Å². The van der Waals surface area contributed by atoms with Crippen LogP contribution >= 0.6 is 0 Å². The van der Waals surface area contributed by atoms with Crippen molar-refractivity contribution in [2.45, 2.75) is 88.0 Å². The van der Waals surface area contributed by atoms with Gasteiger partial charge in [-0.05, 0) is 34.4 Å². The first-order chi connectivity index (χ1) is 7.95. The lowest BCUT2D eigenvalue weighted by atomic mass is 9.83. The highest BCUT2D eigenvalue weighted by atomic mass is 14.2. The van der Waals surface area contributed by atoms with Crippen molar-refractivity contribution in [2.24, 2.45) is 0 Å². The van der Waals surface area contributed by atoms with Gasteiger partial charge in [-0.3, -0.25) is 0 Å². The van der Waals surface area contributed by atoms with Gasteiger partial charge in [0, 0.05) is 0 Å². The van der Waals surface area contributed by atoms with Crippen LogP contribution in [-0.4, -0.2) is 0 Å². The van der Waals surface area contributed by atoms with E-state index in [4.69, 9.17) is 0 Å². The molecule has 0 saturated carbocycles. The largest absolute Gasteiger partial charge is 0.0776 e. The van der Waals surface area contributed by atoms with Crippen LogP contribution in [0.25, 0.3) is 0 Å². The van der Waals surface area contributed by atoms with Crippen LogP contribution in [0, 0.1) is 0 Å². The molecule has 0 heteroatoms. The average molecular weight is 267 g/mol. The van der Waals surface area contributed by atoms with Gasteiger partial charge in [0.1, 0.15) is 0 Å². The Morgan fingerprint density at radius 1 is 0.632 bits per heavy atom. The summed E-state index contributed by atoms with van der Waals surface area (Å²) in [4.78, 5) is 0. The molecule has 0 radical (unpaired) electrons. The molecule has 0 heterocycles. The summed E-state index contributed by atoms with van der Waals surface area (Å²) in [7, 11) is 0. The quantitative estimate of drug-likeness (QED) is 0.536. The molecule has 0 aliphatic carbocycles. The van der Waals surface area contributed by atoms with Crippen LogP contribution in [0.2, 0.25) is 0 Å². The Bertz CT molecular complexity index is 293. The Morgan fingerprint density at radius 3 is 1.16 bits per heavy atom. The molecule has 0 saturated heterocycles. The van der Waals surface area contributed by atoms with Gasteiger partial charge < -0.3 is 0 Å². The lowest BCUT2D eigenvalue weighted by Crippen LogP contribution is -2.04. The van der Waals surface area contributed by atoms with Gasteiger partial charge in [-0.15, -0.1) is 0 Å². The first-order valence-electron chi connectivity index (χ1n) is 7.07. The van der Waals surface area contributed by atoms with Crippen LogP contribution in [0.3, 0.4) is 0 Å². The summed E-state index contributed by atoms with van der Waals surface area (Å²) in [6.45, 7) is 17.7. The zero-order chi connectivity index (χ0) is 13.6. The second-order valence-corrected chi connectivity index (χ2v) is 5.31. The highest BCUT2D eigenvalue weighted by Gasteiger charge is 2.15. The molecule has 19 heavy (non-hydrogen) atoms. The van der Waals surface area contributed by atoms with E-state index >= 15 is 0 Å². The Morgan fingerprint density at radius 2 is 0.947 bits per heavy atom. The summed E-state index contributed by atoms with van der Waals surface area (Å²) in [6, 6.07) is 6.77. The predicted octanol–water partition coefficient (Wildman–Crippen LogP) is 7.36. The van der Waals surface area contributed by atoms with Crippen LogP contribution in [-0.2, 0) is 0 Å². The van der Waals surface area contributed by atoms with Gasteiger partial charge in [0.2, 0.25) is 0 Å². The fourth-order valence-corrected chi connectivity index (χ4v) is 2.28. The molecule has 0 aliphatic heterocycles. The molecule has 0 aromatic heterocycles. The zero-order valence-corrected chi connectivity index (χ0v) is 13.0. The Labute approximate surface area is 123 Å². The van der Waals surface area contributed by atoms with E-state index in [1.54, 1.807) is 5.56 Å². The highest BCUT2D eigenvalue weighted by molar-refractivity contribution is 5.40. The zero-order valence-electron chi connectivity index (χ0n) is 13.0. The number of hydrogen-bond donors (Lipinski definition) is 0. The molecule has 0 fully saturated rings. The van der Waals surface area contributed by atoms with Crippen molar-refractivity contribution in [3.8, 4) is 0 Å². The number of benzene rings is 1. The molecular formula is C19H38. The molecule has 114 valence electrons. The molecule has 0 aliphatic rings. The van der Waals surface area contributed by atoms with Crippen molar-refractivity contribution < 1.29 is 0 Å². The summed E-state index contributed by atoms with van der Waals surface area (Å²) in [5.74, 6) is 1.88. The summed E-state index contributed by atoms with van der Waals surface area (Å²) in [5.41, 5.74) is 4.62. The van der Waals surface area contributed by atoms with Gasteiger partial charge in [-0.2, -0.15) is 0 Å². The molecule has 0 nitrogen and oxygen atoms in total. The van der Waals surface area contributed by atoms with Crippen LogP contribution in [0.1, 0.15) is 105 Å². The molecule has 0 atom stereocenters. The molecule has 1 rings (SSSR count). The SMILES string of the molecule is C.C.CC.CC(C)c1cccc(C(C)C)c1C(C)C. The van der Waals surface area contributed by atoms with Crippen molar-refractivity contribution in [3.63, 3.8) is 0 Å². The van der Waals surface area contributed by atoms with Gasteiger partial charge in [0.25, 0.3) is 0 Å². The van der Waals surface area contributed by atoms with E-state index in [1.807, 2.05) is 13.8 Å². The minimum atomic E-state index is 0. The third-order valence-corrected chi connectivity index (χ3v) is 2.99. The first kappa shape index (κ1) is 23.3. The lowest BCUT2D eigenvalue weighted by molar-refractivity contribution is 0.748. The maximum atomic E-state index is 2.30. The van der Waals surface area contributed by atoms with Gasteiger partial charge in [0.05, 0.1) is 0 Å². The summed E-state index contributed by atoms with van der Waals surface area (Å²) in [6.07, 6.45) is 0. The minimum Gasteiger partial charge on any atom is -0.0776 e. The molecule has 0 unspecified atom stereocenters. The van der Waals surface area contributed by atoms with E-state index in [0.717, 1.165) is 0 Å². The molecule has 1 aromatic rings. The summed E-state index contributed by atoms with van der Waals surface area (Å²) >= 11 is 0. The van der Waals surface area contributed by atoms with Gasteiger partial charge in [-0.1, -0.05) is 88.4 Å². The van der Waals surface area contributed by atoms with Crippen LogP contribution in [0.4, 0.5) is 0 Å². The van der Waals surface area contributed by atoms with E-state index in [2.05, 4.69) is 59.7 Å². The van der Waals surface area contributed by atoms with E-state index in [9.17, 15) is 0 Å². The topological polar surface area (TPSA) is 0 Å². The second-order valence-electron chi connectivity index (χ2n) is 5.31. The smallest absolute Gasteiger partial charge is 0.0213 e. The fourth-order valence-electron chi connectivity index (χ4n) is 2.28. The standard InChI is InChI=1S/C15H24.C2H6.2CH4/c1-10(2)13-8-7-9-14(11(3)4)15(13)12(5)6;1-2;;/h7-12H,1-6H3;1-2H3;2*1H4. The number of hydrogen-bond acceptors (Lipinski definition) is 0. The molecule has 0 N–H and O–H groups in total. The van der Waals surface area contributed by atoms with Crippen LogP contribution in [0.15, 0.2) is 18.2 Å². The third-order valence-electron chi connectivity index (χ3n) is 2.99. The minimum absolute atomic E-state index is 0. The van der Waals surface area contributed by atoms with E-state index in [1.165, 1.54) is 11.1 Å². The van der Waals surface area contributed by atoms with Crippen LogP contribution in [0.5, 0.6) is 0 Å². The van der Waals surface area contributed by atoms with E-state index in [0.29, 0.717) is 17.8 Å². The third kappa shape index (κ3) is 6.27. The van der Waals surface area contributed by atoms with Crippen molar-refractivity contribution in [1.82, 2.24) is 0 Å². The summed E-state index contributed by atoms with van der Waals surface area (Å²) in [5, 5.41) is 0. The lowest BCUT2D eigenvalue weighted by Gasteiger charge is -2.22. The highest BCUT2D eigenvalue weighted by Crippen LogP contribution is 2.32. The first-order valence-corrected chi connectivity index (χ1v) is 7.07. The van der Waals surface area contributed by atoms with Gasteiger partial charge in [0.15, 0.2) is 0 Å². The Balaban J connectivity index is -0.000000609. The Kier molecular flexibility index (Phi) is 13.6. The van der Waals surface area contributed by atoms with Gasteiger partial charge in [-0.25, -0.2) is 0 Å². The van der Waals surface area contributed by atoms with E-state index in [-0.39, 0.29) is 14.9 Å². The van der Waals surface area contributed by atoms with Crippen molar-refractivity contribution >= 4 is 0 Å². The molecule has 0 spiro atoms. The van der Waals surface area contributed by atoms with Gasteiger partial charge >= 0.3 is 0 Å². The second kappa shape index (κ2) is 11.1. The fraction of sp³-hybridized carbons (Fsp3) is 0.684. The molecule has 1 aromatic carbocycles.